The van der Waals surface area contributed by atoms with Gasteiger partial charge in [0.1, 0.15) is 0 Å². The lowest BCUT2D eigenvalue weighted by molar-refractivity contribution is -0.179. The summed E-state index contributed by atoms with van der Waals surface area (Å²) in [5.41, 5.74) is 3.84. The Hall–Kier alpha value is -1.95. The third-order valence-corrected chi connectivity index (χ3v) is 14.9. The van der Waals surface area contributed by atoms with Gasteiger partial charge in [-0.3, -0.25) is 4.79 Å². The van der Waals surface area contributed by atoms with Crippen molar-refractivity contribution in [1.82, 2.24) is 9.97 Å². The Balaban J connectivity index is 1.29. The van der Waals surface area contributed by atoms with E-state index in [2.05, 4.69) is 65.6 Å². The third-order valence-electron chi connectivity index (χ3n) is 14.9. The maximum Gasteiger partial charge on any atom is 0.310 e. The number of morpholine rings is 1. The van der Waals surface area contributed by atoms with Crippen LogP contribution in [0.25, 0.3) is 0 Å². The summed E-state index contributed by atoms with van der Waals surface area (Å²) in [6.45, 7) is 20.6. The highest BCUT2D eigenvalue weighted by atomic mass is 16.5. The van der Waals surface area contributed by atoms with Gasteiger partial charge in [-0.2, -0.15) is 0 Å². The van der Waals surface area contributed by atoms with Crippen LogP contribution in [0.4, 0.5) is 5.95 Å². The number of ether oxygens (including phenoxy) is 1. The summed E-state index contributed by atoms with van der Waals surface area (Å²) in [7, 11) is 0. The molecule has 7 rings (SSSR count). The topological polar surface area (TPSA) is 75.5 Å². The molecule has 5 aliphatic carbocycles. The van der Waals surface area contributed by atoms with Gasteiger partial charge in [0.25, 0.3) is 0 Å². The van der Waals surface area contributed by atoms with E-state index in [0.29, 0.717) is 23.7 Å². The fourth-order valence-electron chi connectivity index (χ4n) is 12.2. The Labute approximate surface area is 253 Å². The number of anilines is 1. The molecule has 6 heteroatoms. The predicted octanol–water partition coefficient (Wildman–Crippen LogP) is 7.07. The van der Waals surface area contributed by atoms with Gasteiger partial charge < -0.3 is 14.7 Å². The molecule has 0 radical (unpaired) electrons. The summed E-state index contributed by atoms with van der Waals surface area (Å²) >= 11 is 0. The lowest BCUT2D eigenvalue weighted by Gasteiger charge is -2.70. The molecule has 0 amide bonds. The van der Waals surface area contributed by atoms with E-state index in [1.165, 1.54) is 29.7 Å². The first-order valence-corrected chi connectivity index (χ1v) is 16.9. The van der Waals surface area contributed by atoms with Crippen molar-refractivity contribution in [2.24, 2.45) is 51.2 Å². The Bertz CT molecular complexity index is 1320. The molecule has 0 spiro atoms. The second-order valence-electron chi connectivity index (χ2n) is 16.7. The summed E-state index contributed by atoms with van der Waals surface area (Å²) in [5.74, 6) is 2.57. The Morgan fingerprint density at radius 1 is 1.00 bits per heavy atom. The van der Waals surface area contributed by atoms with Gasteiger partial charge in [0.05, 0.1) is 24.3 Å². The molecule has 3 saturated carbocycles. The molecule has 6 aliphatic rings. The van der Waals surface area contributed by atoms with Crippen LogP contribution in [-0.4, -0.2) is 47.3 Å². The van der Waals surface area contributed by atoms with E-state index in [1.807, 2.05) is 0 Å². The molecule has 0 aromatic carbocycles. The van der Waals surface area contributed by atoms with Crippen LogP contribution in [0, 0.1) is 51.2 Å². The van der Waals surface area contributed by atoms with Gasteiger partial charge in [-0.1, -0.05) is 60.1 Å². The van der Waals surface area contributed by atoms with Crippen LogP contribution in [0.3, 0.4) is 0 Å². The monoisotopic (exact) mass is 575 g/mol. The number of hydrogen-bond acceptors (Lipinski definition) is 5. The molecular formula is C36H53N3O3. The van der Waals surface area contributed by atoms with Crippen molar-refractivity contribution in [2.45, 2.75) is 105 Å². The summed E-state index contributed by atoms with van der Waals surface area (Å²) in [5, 5.41) is 10.7. The van der Waals surface area contributed by atoms with Gasteiger partial charge in [-0.15, -0.1) is 0 Å². The van der Waals surface area contributed by atoms with Crippen molar-refractivity contribution < 1.29 is 14.6 Å². The largest absolute Gasteiger partial charge is 0.481 e. The van der Waals surface area contributed by atoms with Crippen LogP contribution in [-0.2, 0) is 21.4 Å². The van der Waals surface area contributed by atoms with Gasteiger partial charge >= 0.3 is 5.97 Å². The summed E-state index contributed by atoms with van der Waals surface area (Å²) in [4.78, 5) is 25.5. The standard InChI is InChI=1S/C36H53N3O3/c1-22-10-13-36(30(40)41)15-14-34(6)25(28(36)23(22)2)8-9-27-33(5)20-24-21-37-31(39-16-18-42-19-17-39)38-29(24)32(3,4)26(33)11-12-35(27,34)7/h8,21-23,26-28H,9-20H2,1-7H3,(H,40,41)/t22-,23+,26+,27-,28+,33+,34-,35-,36+/m1/s1. The molecule has 0 bridgehead atoms. The average Bonchev–Trinajstić information content (AvgIpc) is 2.95. The molecule has 0 unspecified atom stereocenters. The van der Waals surface area contributed by atoms with E-state index in [-0.39, 0.29) is 27.6 Å². The zero-order valence-corrected chi connectivity index (χ0v) is 27.1. The van der Waals surface area contributed by atoms with Crippen LogP contribution in [0.15, 0.2) is 17.8 Å². The van der Waals surface area contributed by atoms with Gasteiger partial charge in [0, 0.05) is 24.7 Å². The number of fused-ring (bicyclic) bond motifs is 8. The first-order chi connectivity index (χ1) is 19.8. The first-order valence-electron chi connectivity index (χ1n) is 16.9. The molecule has 1 aliphatic heterocycles. The maximum atomic E-state index is 13.0. The fourth-order valence-corrected chi connectivity index (χ4v) is 12.2. The number of aromatic nitrogens is 2. The second kappa shape index (κ2) is 9.28. The van der Waals surface area contributed by atoms with Gasteiger partial charge in [0.15, 0.2) is 0 Å². The molecular weight excluding hydrogens is 522 g/mol. The highest BCUT2D eigenvalue weighted by molar-refractivity contribution is 5.76. The highest BCUT2D eigenvalue weighted by Gasteiger charge is 2.69. The molecule has 9 atom stereocenters. The molecule has 42 heavy (non-hydrogen) atoms. The van der Waals surface area contributed by atoms with Crippen molar-refractivity contribution in [3.8, 4) is 0 Å². The number of nitrogens with zero attached hydrogens (tertiary/aromatic N) is 3. The molecule has 6 nitrogen and oxygen atoms in total. The van der Waals surface area contributed by atoms with E-state index >= 15 is 0 Å². The molecule has 230 valence electrons. The van der Waals surface area contributed by atoms with E-state index < -0.39 is 11.4 Å². The molecule has 1 saturated heterocycles. The number of carboxylic acid groups (broad SMARTS) is 1. The minimum Gasteiger partial charge on any atom is -0.481 e. The number of carbonyl (C=O) groups is 1. The predicted molar refractivity (Wildman–Crippen MR) is 165 cm³/mol. The van der Waals surface area contributed by atoms with Gasteiger partial charge in [0.2, 0.25) is 5.95 Å². The van der Waals surface area contributed by atoms with Crippen LogP contribution in [0.1, 0.15) is 105 Å². The SMILES string of the molecule is C[C@H]1[C@H](C)CC[C@]2(C(=O)O)CC[C@]3(C)C(=CC[C@@H]4[C@@]5(C)Cc6cnc(N7CCOCC7)nc6C(C)(C)[C@@H]5CC[C@]43C)[C@H]12. The molecule has 1 N–H and O–H groups in total. The van der Waals surface area contributed by atoms with Crippen molar-refractivity contribution in [1.29, 1.82) is 0 Å². The van der Waals surface area contributed by atoms with Crippen molar-refractivity contribution in [3.05, 3.63) is 29.1 Å². The summed E-state index contributed by atoms with van der Waals surface area (Å²) in [6, 6.07) is 0. The van der Waals surface area contributed by atoms with E-state index in [0.717, 1.165) is 70.8 Å². The number of hydrogen-bond donors (Lipinski definition) is 1. The summed E-state index contributed by atoms with van der Waals surface area (Å²) < 4.78 is 5.59. The van der Waals surface area contributed by atoms with Crippen molar-refractivity contribution in [3.63, 3.8) is 0 Å². The maximum absolute atomic E-state index is 13.0. The zero-order chi connectivity index (χ0) is 29.9. The Morgan fingerprint density at radius 2 is 1.74 bits per heavy atom. The molecule has 1 aromatic heterocycles. The van der Waals surface area contributed by atoms with Gasteiger partial charge in [-0.05, 0) is 103 Å². The summed E-state index contributed by atoms with van der Waals surface area (Å²) in [6.07, 6.45) is 13.0. The number of allylic oxidation sites excluding steroid dienone is 2. The van der Waals surface area contributed by atoms with E-state index in [1.54, 1.807) is 0 Å². The van der Waals surface area contributed by atoms with E-state index in [4.69, 9.17) is 14.7 Å². The molecule has 1 aromatic rings. The minimum absolute atomic E-state index is 0.0309. The number of carboxylic acids is 1. The quantitative estimate of drug-likeness (QED) is 0.380. The lowest BCUT2D eigenvalue weighted by Crippen LogP contribution is -2.65. The average molecular weight is 576 g/mol. The highest BCUT2D eigenvalue weighted by Crippen LogP contribution is 2.75. The third kappa shape index (κ3) is 3.56. The van der Waals surface area contributed by atoms with E-state index in [9.17, 15) is 9.90 Å². The first kappa shape index (κ1) is 28.8. The fraction of sp³-hybridized carbons (Fsp3) is 0.806. The molecule has 4 fully saturated rings. The number of rotatable bonds is 2. The second-order valence-corrected chi connectivity index (χ2v) is 16.7. The molecule has 2 heterocycles. The van der Waals surface area contributed by atoms with Crippen LogP contribution >= 0.6 is 0 Å². The lowest BCUT2D eigenvalue weighted by atomic mass is 9.33. The van der Waals surface area contributed by atoms with Crippen molar-refractivity contribution >= 4 is 11.9 Å². The van der Waals surface area contributed by atoms with Crippen molar-refractivity contribution in [2.75, 3.05) is 31.2 Å². The normalized spacial score (nSPS) is 45.8. The smallest absolute Gasteiger partial charge is 0.310 e. The Morgan fingerprint density at radius 3 is 2.45 bits per heavy atom. The van der Waals surface area contributed by atoms with Crippen LogP contribution in [0.5, 0.6) is 0 Å². The van der Waals surface area contributed by atoms with Gasteiger partial charge in [-0.25, -0.2) is 9.97 Å². The van der Waals surface area contributed by atoms with Crippen LogP contribution < -0.4 is 4.90 Å². The minimum atomic E-state index is -0.580. The van der Waals surface area contributed by atoms with Crippen LogP contribution in [0.2, 0.25) is 0 Å². The Kier molecular flexibility index (Phi) is 6.36. The zero-order valence-electron chi connectivity index (χ0n) is 27.1. The number of aliphatic carboxylic acids is 1.